The molecule has 0 bridgehead atoms. The van der Waals surface area contributed by atoms with Gasteiger partial charge in [0.05, 0.1) is 17.7 Å². The van der Waals surface area contributed by atoms with Gasteiger partial charge in [0.15, 0.2) is 0 Å². The largest absolute Gasteiger partial charge is 0.493 e. The second-order valence-electron chi connectivity index (χ2n) is 9.68. The summed E-state index contributed by atoms with van der Waals surface area (Å²) < 4.78 is 84.3. The topological polar surface area (TPSA) is 61.8 Å². The molecule has 1 saturated heterocycles. The average Bonchev–Trinajstić information content (AvgIpc) is 2.81. The van der Waals surface area contributed by atoms with Gasteiger partial charge in [0.2, 0.25) is 0 Å². The molecule has 1 unspecified atom stereocenters. The van der Waals surface area contributed by atoms with Crippen LogP contribution in [0.15, 0.2) is 30.3 Å². The van der Waals surface area contributed by atoms with Gasteiger partial charge in [-0.05, 0) is 74.6 Å². The van der Waals surface area contributed by atoms with E-state index in [9.17, 15) is 31.1 Å². The molecule has 1 fully saturated rings. The van der Waals surface area contributed by atoms with E-state index in [2.05, 4.69) is 17.1 Å². The Balaban J connectivity index is 1.57. The number of aliphatic hydroxyl groups excluding tert-OH is 1. The van der Waals surface area contributed by atoms with Crippen molar-refractivity contribution in [3.8, 4) is 5.75 Å². The van der Waals surface area contributed by atoms with E-state index in [4.69, 9.17) is 9.84 Å². The first kappa shape index (κ1) is 29.8. The van der Waals surface area contributed by atoms with Crippen molar-refractivity contribution >= 4 is 5.91 Å². The van der Waals surface area contributed by atoms with Crippen LogP contribution in [0.25, 0.3) is 0 Å². The van der Waals surface area contributed by atoms with E-state index in [0.29, 0.717) is 38.2 Å². The number of aliphatic hydroxyl groups is 1. The smallest absolute Gasteiger partial charge is 0.416 e. The molecule has 2 aromatic carbocycles. The maximum Gasteiger partial charge on any atom is 0.416 e. The Hall–Kier alpha value is -2.79. The number of halogens is 6. The quantitative estimate of drug-likeness (QED) is 0.287. The highest BCUT2D eigenvalue weighted by Crippen LogP contribution is 2.37. The van der Waals surface area contributed by atoms with Crippen LogP contribution in [0.5, 0.6) is 5.75 Å². The van der Waals surface area contributed by atoms with Crippen LogP contribution in [0.2, 0.25) is 0 Å². The lowest BCUT2D eigenvalue weighted by Gasteiger charge is -2.44. The van der Waals surface area contributed by atoms with E-state index in [1.165, 1.54) is 0 Å². The summed E-state index contributed by atoms with van der Waals surface area (Å²) in [7, 11) is 0. The average molecular weight is 547 g/mol. The van der Waals surface area contributed by atoms with Crippen molar-refractivity contribution in [3.05, 3.63) is 63.7 Å². The molecule has 1 amide bonds. The summed E-state index contributed by atoms with van der Waals surface area (Å²) in [5.41, 5.74) is -0.472. The predicted octanol–water partition coefficient (Wildman–Crippen LogP) is 5.92. The van der Waals surface area contributed by atoms with Gasteiger partial charge >= 0.3 is 12.4 Å². The zero-order valence-electron chi connectivity index (χ0n) is 21.5. The van der Waals surface area contributed by atoms with Crippen molar-refractivity contribution in [1.82, 2.24) is 10.2 Å². The SMILES string of the molecule is Cc1c(OCCCCO)ccc(C(C)N2CC(CNC(=O)c3cc(C(F)(F)F)cc(C(F)(F)F)c3)C2)c1C. The van der Waals surface area contributed by atoms with Crippen molar-refractivity contribution in [2.24, 2.45) is 5.92 Å². The number of alkyl halides is 6. The van der Waals surface area contributed by atoms with Crippen LogP contribution < -0.4 is 10.1 Å². The first-order valence-corrected chi connectivity index (χ1v) is 12.4. The van der Waals surface area contributed by atoms with Crippen LogP contribution in [-0.4, -0.2) is 48.8 Å². The molecule has 210 valence electrons. The zero-order chi connectivity index (χ0) is 28.3. The van der Waals surface area contributed by atoms with Crippen LogP contribution in [0.4, 0.5) is 26.3 Å². The summed E-state index contributed by atoms with van der Waals surface area (Å²) in [6.07, 6.45) is -8.59. The molecule has 0 saturated carbocycles. The van der Waals surface area contributed by atoms with Gasteiger partial charge in [-0.1, -0.05) is 6.07 Å². The summed E-state index contributed by atoms with van der Waals surface area (Å²) in [5, 5.41) is 11.4. The number of unbranched alkanes of at least 4 members (excludes halogenated alkanes) is 1. The molecule has 2 aromatic rings. The van der Waals surface area contributed by atoms with Gasteiger partial charge in [0, 0.05) is 43.8 Å². The molecule has 1 heterocycles. The third-order valence-electron chi connectivity index (χ3n) is 6.97. The second kappa shape index (κ2) is 11.9. The Bertz CT molecular complexity index is 1090. The zero-order valence-corrected chi connectivity index (χ0v) is 21.5. The lowest BCUT2D eigenvalue weighted by Crippen LogP contribution is -2.52. The Kier molecular flexibility index (Phi) is 9.35. The molecule has 11 heteroatoms. The maximum absolute atomic E-state index is 13.1. The fourth-order valence-corrected chi connectivity index (χ4v) is 4.50. The third-order valence-corrected chi connectivity index (χ3v) is 6.97. The molecule has 0 spiro atoms. The number of ether oxygens (including phenoxy) is 1. The van der Waals surface area contributed by atoms with Gasteiger partial charge in [0.25, 0.3) is 5.91 Å². The number of amides is 1. The highest BCUT2D eigenvalue weighted by molar-refractivity contribution is 5.94. The molecule has 3 rings (SSSR count). The monoisotopic (exact) mass is 546 g/mol. The number of carbonyl (C=O) groups is 1. The maximum atomic E-state index is 13.1. The van der Waals surface area contributed by atoms with Crippen molar-refractivity contribution in [1.29, 1.82) is 0 Å². The molecule has 1 atom stereocenters. The van der Waals surface area contributed by atoms with E-state index in [0.717, 1.165) is 28.9 Å². The van der Waals surface area contributed by atoms with Crippen LogP contribution >= 0.6 is 0 Å². The third kappa shape index (κ3) is 7.19. The van der Waals surface area contributed by atoms with Gasteiger partial charge in [-0.3, -0.25) is 9.69 Å². The number of likely N-dealkylation sites (tertiary alicyclic amines) is 1. The Morgan fingerprint density at radius 3 is 2.18 bits per heavy atom. The molecule has 0 radical (unpaired) electrons. The van der Waals surface area contributed by atoms with Gasteiger partial charge < -0.3 is 15.2 Å². The van der Waals surface area contributed by atoms with Crippen molar-refractivity contribution in [2.45, 2.75) is 52.0 Å². The molecule has 38 heavy (non-hydrogen) atoms. The first-order valence-electron chi connectivity index (χ1n) is 12.4. The summed E-state index contributed by atoms with van der Waals surface area (Å²) in [5.74, 6) is -0.164. The van der Waals surface area contributed by atoms with Crippen molar-refractivity contribution in [2.75, 3.05) is 32.8 Å². The van der Waals surface area contributed by atoms with Crippen molar-refractivity contribution in [3.63, 3.8) is 0 Å². The van der Waals surface area contributed by atoms with E-state index in [1.54, 1.807) is 0 Å². The lowest BCUT2D eigenvalue weighted by atomic mass is 9.91. The Labute approximate surface area is 217 Å². The standard InChI is InChI=1S/C27H32F6N2O3/c1-16-17(2)24(38-9-5-4-8-36)7-6-23(16)18(3)35-14-19(15-35)13-34-25(37)20-10-21(26(28,29)30)12-22(11-20)27(31,32)33/h6-7,10-12,18-19,36H,4-5,8-9,13-15H2,1-3H3,(H,34,37). The molecule has 2 N–H and O–H groups in total. The Morgan fingerprint density at radius 1 is 1.03 bits per heavy atom. The molecule has 0 aliphatic carbocycles. The number of hydrogen-bond acceptors (Lipinski definition) is 4. The van der Waals surface area contributed by atoms with E-state index >= 15 is 0 Å². The molecule has 1 aliphatic rings. The fraction of sp³-hybridized carbons (Fsp3) is 0.519. The summed E-state index contributed by atoms with van der Waals surface area (Å²) in [6.45, 7) is 8.09. The number of carbonyl (C=O) groups excluding carboxylic acids is 1. The predicted molar refractivity (Wildman–Crippen MR) is 130 cm³/mol. The van der Waals surface area contributed by atoms with Crippen LogP contribution in [0, 0.1) is 19.8 Å². The summed E-state index contributed by atoms with van der Waals surface area (Å²) >= 11 is 0. The van der Waals surface area contributed by atoms with Gasteiger partial charge in [-0.15, -0.1) is 0 Å². The first-order chi connectivity index (χ1) is 17.7. The number of nitrogens with one attached hydrogen (secondary N) is 1. The number of rotatable bonds is 10. The Morgan fingerprint density at radius 2 is 1.63 bits per heavy atom. The van der Waals surface area contributed by atoms with Crippen LogP contribution in [-0.2, 0) is 12.4 Å². The highest BCUT2D eigenvalue weighted by Gasteiger charge is 2.38. The van der Waals surface area contributed by atoms with Crippen molar-refractivity contribution < 1.29 is 41.0 Å². The molecule has 5 nitrogen and oxygen atoms in total. The lowest BCUT2D eigenvalue weighted by molar-refractivity contribution is -0.143. The normalized spacial score (nSPS) is 15.7. The highest BCUT2D eigenvalue weighted by atomic mass is 19.4. The molecule has 1 aliphatic heterocycles. The van der Waals surface area contributed by atoms with Gasteiger partial charge in [-0.2, -0.15) is 26.3 Å². The number of hydrogen-bond donors (Lipinski definition) is 2. The molecular weight excluding hydrogens is 514 g/mol. The summed E-state index contributed by atoms with van der Waals surface area (Å²) in [6, 6.07) is 4.88. The van der Waals surface area contributed by atoms with Gasteiger partial charge in [0.1, 0.15) is 5.75 Å². The minimum absolute atomic E-state index is 0.00165. The van der Waals surface area contributed by atoms with E-state index in [1.807, 2.05) is 26.0 Å². The van der Waals surface area contributed by atoms with Crippen LogP contribution in [0.1, 0.15) is 64.0 Å². The number of benzene rings is 2. The van der Waals surface area contributed by atoms with E-state index < -0.39 is 35.0 Å². The minimum Gasteiger partial charge on any atom is -0.493 e. The molecular formula is C27H32F6N2O3. The number of nitrogens with zero attached hydrogens (tertiary/aromatic N) is 1. The minimum atomic E-state index is -5.01. The second-order valence-corrected chi connectivity index (χ2v) is 9.68. The molecule has 0 aromatic heterocycles. The van der Waals surface area contributed by atoms with Gasteiger partial charge in [-0.25, -0.2) is 0 Å². The van der Waals surface area contributed by atoms with E-state index in [-0.39, 0.29) is 31.2 Å². The van der Waals surface area contributed by atoms with Crippen LogP contribution in [0.3, 0.4) is 0 Å². The summed E-state index contributed by atoms with van der Waals surface area (Å²) in [4.78, 5) is 14.6. The fourth-order valence-electron chi connectivity index (χ4n) is 4.50.